The van der Waals surface area contributed by atoms with Crippen LogP contribution in [0.1, 0.15) is 70.5 Å². The van der Waals surface area contributed by atoms with Crippen LogP contribution in [0, 0.1) is 13.8 Å². The zero-order chi connectivity index (χ0) is 29.4. The predicted molar refractivity (Wildman–Crippen MR) is 185 cm³/mol. The summed E-state index contributed by atoms with van der Waals surface area (Å²) in [4.78, 5) is 2.54. The van der Waals surface area contributed by atoms with Crippen molar-refractivity contribution in [3.63, 3.8) is 0 Å². The second kappa shape index (κ2) is 16.0. The molecular formula is C30H50BF2N3S4. The third-order valence-electron chi connectivity index (χ3n) is 8.23. The van der Waals surface area contributed by atoms with Gasteiger partial charge in [0.15, 0.2) is 5.70 Å². The molecule has 0 N–H and O–H groups in total. The van der Waals surface area contributed by atoms with Crippen molar-refractivity contribution in [2.24, 2.45) is 0 Å². The fourth-order valence-electron chi connectivity index (χ4n) is 6.36. The second-order valence-corrected chi connectivity index (χ2v) is 15.7. The van der Waals surface area contributed by atoms with E-state index in [1.807, 2.05) is 60.9 Å². The van der Waals surface area contributed by atoms with Crippen LogP contribution in [-0.2, 0) is 6.42 Å². The molecule has 0 atom stereocenters. The molecule has 10 heteroatoms. The van der Waals surface area contributed by atoms with E-state index in [0.717, 1.165) is 88.1 Å². The molecule has 1 aromatic heterocycles. The summed E-state index contributed by atoms with van der Waals surface area (Å²) in [7, 11) is 0. The van der Waals surface area contributed by atoms with Crippen molar-refractivity contribution in [2.45, 2.75) is 68.2 Å². The van der Waals surface area contributed by atoms with Gasteiger partial charge in [0.05, 0.1) is 5.57 Å². The Bertz CT molecular complexity index is 1110. The van der Waals surface area contributed by atoms with Gasteiger partial charge in [-0.1, -0.05) is 27.7 Å². The van der Waals surface area contributed by atoms with Gasteiger partial charge in [0.25, 0.3) is 0 Å². The highest BCUT2D eigenvalue weighted by Gasteiger charge is 2.56. The summed E-state index contributed by atoms with van der Waals surface area (Å²) in [5, 5.41) is 0. The Morgan fingerprint density at radius 2 is 1.30 bits per heavy atom. The molecule has 0 amide bonds. The van der Waals surface area contributed by atoms with Crippen LogP contribution < -0.4 is 0 Å². The van der Waals surface area contributed by atoms with Crippen LogP contribution in [0.2, 0.25) is 0 Å². The number of allylic oxidation sites excluding steroid dienone is 2. The molecule has 40 heavy (non-hydrogen) atoms. The molecule has 0 aliphatic carbocycles. The number of fused-ring (bicyclic) bond motifs is 2. The highest BCUT2D eigenvalue weighted by molar-refractivity contribution is 8.03. The Morgan fingerprint density at radius 3 is 1.80 bits per heavy atom. The van der Waals surface area contributed by atoms with Gasteiger partial charge in [-0.25, -0.2) is 0 Å². The Labute approximate surface area is 259 Å². The number of hydrogen-bond donors (Lipinski definition) is 0. The highest BCUT2D eigenvalue weighted by atomic mass is 32.2. The Hall–Kier alpha value is -0.285. The minimum Gasteiger partial charge on any atom is -0.393 e. The minimum absolute atomic E-state index is 0.710. The topological polar surface area (TPSA) is 11.2 Å². The van der Waals surface area contributed by atoms with Crippen LogP contribution >= 0.6 is 47.0 Å². The van der Waals surface area contributed by atoms with E-state index in [0.29, 0.717) is 6.54 Å². The lowest BCUT2D eigenvalue weighted by Gasteiger charge is -2.35. The quantitative estimate of drug-likeness (QED) is 0.120. The summed E-state index contributed by atoms with van der Waals surface area (Å²) in [6.45, 7) is 15.3. The largest absolute Gasteiger partial charge is 0.737 e. The molecule has 1 aromatic rings. The first-order valence-corrected chi connectivity index (χ1v) is 19.6. The molecule has 0 saturated carbocycles. The van der Waals surface area contributed by atoms with E-state index in [1.54, 1.807) is 0 Å². The van der Waals surface area contributed by atoms with E-state index in [4.69, 9.17) is 0 Å². The van der Waals surface area contributed by atoms with Crippen LogP contribution in [0.25, 0.3) is 5.57 Å². The van der Waals surface area contributed by atoms with Crippen molar-refractivity contribution >= 4 is 65.3 Å². The number of thioether (sulfide) groups is 4. The molecule has 0 bridgehead atoms. The van der Waals surface area contributed by atoms with Gasteiger partial charge in [-0.05, 0) is 61.9 Å². The van der Waals surface area contributed by atoms with Crippen LogP contribution in [0.15, 0.2) is 16.8 Å². The third kappa shape index (κ3) is 7.25. The van der Waals surface area contributed by atoms with Gasteiger partial charge in [-0.3, -0.25) is 4.90 Å². The van der Waals surface area contributed by atoms with Gasteiger partial charge in [0.1, 0.15) is 5.71 Å². The fourth-order valence-corrected chi connectivity index (χ4v) is 10.0. The molecule has 226 valence electrons. The molecule has 0 spiro atoms. The first-order chi connectivity index (χ1) is 19.2. The average Bonchev–Trinajstić information content (AvgIpc) is 3.34. The molecule has 0 fully saturated rings. The summed E-state index contributed by atoms with van der Waals surface area (Å²) in [6.07, 6.45) is 1.54. The Balaban J connectivity index is 2.01. The first-order valence-electron chi connectivity index (χ1n) is 15.0. The highest BCUT2D eigenvalue weighted by Crippen LogP contribution is 2.45. The monoisotopic (exact) mass is 629 g/mol. The molecule has 3 rings (SSSR count). The maximum absolute atomic E-state index is 16.5. The lowest BCUT2D eigenvalue weighted by Crippen LogP contribution is -2.52. The van der Waals surface area contributed by atoms with Crippen molar-refractivity contribution < 1.29 is 13.1 Å². The summed E-state index contributed by atoms with van der Waals surface area (Å²) in [6, 6.07) is 0. The van der Waals surface area contributed by atoms with Gasteiger partial charge in [-0.15, -0.1) is 0 Å². The third-order valence-corrected chi connectivity index (χ3v) is 12.5. The Morgan fingerprint density at radius 1 is 0.750 bits per heavy atom. The van der Waals surface area contributed by atoms with Crippen molar-refractivity contribution in [1.82, 2.24) is 9.38 Å². The summed E-state index contributed by atoms with van der Waals surface area (Å²) < 4.78 is 35.9. The number of rotatable bonds is 18. The number of hydrogen-bond acceptors (Lipinski definition) is 5. The minimum atomic E-state index is -3.96. The van der Waals surface area contributed by atoms with Crippen LogP contribution in [0.5, 0.6) is 0 Å². The van der Waals surface area contributed by atoms with Gasteiger partial charge < -0.3 is 17.6 Å². The normalized spacial score (nSPS) is 16.6. The van der Waals surface area contributed by atoms with Gasteiger partial charge >= 0.3 is 6.97 Å². The SMILES string of the molecule is CCSCCSCCN(CCSCCSCC)CC1=C2C(C)=C(CC)C(C)=[N+]2[B-](F)(F)n2c(C)c(CC)c(C)c21. The summed E-state index contributed by atoms with van der Waals surface area (Å²) in [5.41, 5.74) is 8.32. The molecule has 0 unspecified atom stereocenters. The van der Waals surface area contributed by atoms with Gasteiger partial charge in [-0.2, -0.15) is 47.0 Å². The smallest absolute Gasteiger partial charge is 0.393 e. The molecule has 0 radical (unpaired) electrons. The molecule has 3 nitrogen and oxygen atoms in total. The molecule has 3 heterocycles. The van der Waals surface area contributed by atoms with Crippen LogP contribution in [0.4, 0.5) is 8.63 Å². The molecule has 0 aromatic carbocycles. The van der Waals surface area contributed by atoms with E-state index in [2.05, 4.69) is 46.4 Å². The van der Waals surface area contributed by atoms with Crippen molar-refractivity contribution in [2.75, 3.05) is 65.7 Å². The molecular weight excluding hydrogens is 579 g/mol. The molecule has 2 aliphatic heterocycles. The van der Waals surface area contributed by atoms with Gasteiger partial charge in [0.2, 0.25) is 0 Å². The van der Waals surface area contributed by atoms with Crippen molar-refractivity contribution in [3.05, 3.63) is 39.4 Å². The maximum atomic E-state index is 16.5. The van der Waals surface area contributed by atoms with Gasteiger partial charge in [0, 0.05) is 77.9 Å². The van der Waals surface area contributed by atoms with E-state index in [1.165, 1.54) is 43.5 Å². The number of halogens is 2. The standard InChI is InChI=1S/C30H50BF2N3S4/c1-9-26-22(5)29-28(21-34(13-15-39-19-17-37-11-3)14-16-40-20-18-38-12-4)30-23(6)27(10-2)25(8)36(30)31(32,33)35(29)24(26)7/h9-21H2,1-8H3. The van der Waals surface area contributed by atoms with E-state index < -0.39 is 6.97 Å². The van der Waals surface area contributed by atoms with Crippen molar-refractivity contribution in [3.8, 4) is 0 Å². The second-order valence-electron chi connectivity index (χ2n) is 10.5. The Kier molecular flexibility index (Phi) is 13.7. The van der Waals surface area contributed by atoms with Crippen LogP contribution in [0.3, 0.4) is 0 Å². The lowest BCUT2D eigenvalue weighted by molar-refractivity contribution is -0.364. The predicted octanol–water partition coefficient (Wildman–Crippen LogP) is 8.10. The van der Waals surface area contributed by atoms with E-state index in [-0.39, 0.29) is 0 Å². The summed E-state index contributed by atoms with van der Waals surface area (Å²) in [5.74, 6) is 9.21. The zero-order valence-corrected chi connectivity index (χ0v) is 29.3. The maximum Gasteiger partial charge on any atom is 0.737 e. The lowest BCUT2D eigenvalue weighted by atomic mass is 9.86. The number of aromatic nitrogens is 1. The first kappa shape index (κ1) is 34.2. The molecule has 2 aliphatic rings. The zero-order valence-electron chi connectivity index (χ0n) is 26.0. The van der Waals surface area contributed by atoms with Crippen LogP contribution in [-0.4, -0.2) is 92.2 Å². The number of nitrogens with zero attached hydrogens (tertiary/aromatic N) is 3. The molecule has 0 saturated heterocycles. The average molecular weight is 630 g/mol. The van der Waals surface area contributed by atoms with E-state index >= 15 is 8.63 Å². The van der Waals surface area contributed by atoms with Crippen molar-refractivity contribution in [1.29, 1.82) is 0 Å². The summed E-state index contributed by atoms with van der Waals surface area (Å²) >= 11 is 8.04. The fraction of sp³-hybridized carbons (Fsp3) is 0.700. The van der Waals surface area contributed by atoms with E-state index in [9.17, 15) is 0 Å².